The lowest BCUT2D eigenvalue weighted by atomic mass is 10.0. The number of imidazole rings is 1. The number of benzene rings is 2. The third-order valence-electron chi connectivity index (χ3n) is 5.20. The lowest BCUT2D eigenvalue weighted by molar-refractivity contribution is 0.131. The van der Waals surface area contributed by atoms with Crippen LogP contribution in [0.5, 0.6) is 5.75 Å². The van der Waals surface area contributed by atoms with Crippen molar-refractivity contribution in [3.05, 3.63) is 59.4 Å². The highest BCUT2D eigenvalue weighted by Crippen LogP contribution is 2.35. The highest BCUT2D eigenvalue weighted by atomic mass is 32.2. The molecule has 152 valence electrons. The average Bonchev–Trinajstić information content (AvgIpc) is 3.10. The molecule has 0 bridgehead atoms. The molecule has 29 heavy (non-hydrogen) atoms. The van der Waals surface area contributed by atoms with Gasteiger partial charge in [-0.05, 0) is 67.8 Å². The molecule has 7 heteroatoms. The molecule has 2 aromatic carbocycles. The Morgan fingerprint density at radius 3 is 2.52 bits per heavy atom. The minimum absolute atomic E-state index is 0.348. The number of aryl methyl sites for hydroxylation is 1. The lowest BCUT2D eigenvalue weighted by Gasteiger charge is -2.22. The number of aromatic nitrogens is 2. The lowest BCUT2D eigenvalue weighted by Crippen LogP contribution is -2.15. The van der Waals surface area contributed by atoms with Gasteiger partial charge >= 0.3 is 0 Å². The van der Waals surface area contributed by atoms with Gasteiger partial charge < -0.3 is 9.47 Å². The molecule has 0 amide bonds. The van der Waals surface area contributed by atoms with Crippen molar-refractivity contribution in [2.24, 2.45) is 0 Å². The van der Waals surface area contributed by atoms with Gasteiger partial charge in [0.25, 0.3) is 0 Å². The van der Waals surface area contributed by atoms with Gasteiger partial charge in [-0.1, -0.05) is 0 Å². The Morgan fingerprint density at radius 2 is 1.86 bits per heavy atom. The molecule has 6 nitrogen and oxygen atoms in total. The van der Waals surface area contributed by atoms with Gasteiger partial charge in [0.1, 0.15) is 11.6 Å². The van der Waals surface area contributed by atoms with E-state index in [-0.39, 0.29) is 0 Å². The minimum atomic E-state index is -3.25. The second kappa shape index (κ2) is 7.65. The summed E-state index contributed by atoms with van der Waals surface area (Å²) >= 11 is 0. The van der Waals surface area contributed by atoms with E-state index in [9.17, 15) is 8.42 Å². The van der Waals surface area contributed by atoms with Gasteiger partial charge in [0.2, 0.25) is 0 Å². The van der Waals surface area contributed by atoms with Gasteiger partial charge in [-0.3, -0.25) is 4.57 Å². The average molecular weight is 413 g/mol. The van der Waals surface area contributed by atoms with Crippen molar-refractivity contribution >= 4 is 9.84 Å². The van der Waals surface area contributed by atoms with Crippen molar-refractivity contribution in [3.8, 4) is 22.8 Å². The van der Waals surface area contributed by atoms with Crippen LogP contribution < -0.4 is 4.74 Å². The second-order valence-corrected chi connectivity index (χ2v) is 9.11. The molecule has 1 aromatic heterocycles. The van der Waals surface area contributed by atoms with Crippen molar-refractivity contribution < 1.29 is 17.9 Å². The Morgan fingerprint density at radius 1 is 1.10 bits per heavy atom. The quantitative estimate of drug-likeness (QED) is 0.619. The standard InChI is InChI=1S/C22H24N2O4S/c1-4-28-14-19-21-11-7-16-13-18(29(3,25)26)10-12-20(16)24(21)22(23-19)15-5-8-17(27-2)9-6-15/h5-6,8-10,12-13H,4,7,11,14H2,1-3H3. The maximum absolute atomic E-state index is 12.0. The zero-order valence-corrected chi connectivity index (χ0v) is 17.6. The zero-order chi connectivity index (χ0) is 20.6. The van der Waals surface area contributed by atoms with Gasteiger partial charge in [0.15, 0.2) is 9.84 Å². The molecule has 0 spiro atoms. The maximum atomic E-state index is 12.0. The fourth-order valence-corrected chi connectivity index (χ4v) is 4.40. The summed E-state index contributed by atoms with van der Waals surface area (Å²) in [4.78, 5) is 5.25. The highest BCUT2D eigenvalue weighted by Gasteiger charge is 2.26. The summed E-state index contributed by atoms with van der Waals surface area (Å²) in [5.41, 5.74) is 4.99. The van der Waals surface area contributed by atoms with E-state index in [0.717, 1.165) is 52.6 Å². The van der Waals surface area contributed by atoms with Crippen molar-refractivity contribution in [1.29, 1.82) is 0 Å². The van der Waals surface area contributed by atoms with E-state index in [1.807, 2.05) is 37.3 Å². The normalized spacial score (nSPS) is 13.1. The molecule has 2 heterocycles. The molecule has 0 saturated heterocycles. The third-order valence-corrected chi connectivity index (χ3v) is 6.31. The number of sulfone groups is 1. The molecule has 1 aliphatic heterocycles. The second-order valence-electron chi connectivity index (χ2n) is 7.09. The molecule has 1 aliphatic rings. The fourth-order valence-electron chi connectivity index (χ4n) is 3.73. The third kappa shape index (κ3) is 3.68. The van der Waals surface area contributed by atoms with Gasteiger partial charge in [-0.15, -0.1) is 0 Å². The zero-order valence-electron chi connectivity index (χ0n) is 16.8. The first-order chi connectivity index (χ1) is 13.9. The molecule has 0 N–H and O–H groups in total. The number of hydrogen-bond acceptors (Lipinski definition) is 5. The van der Waals surface area contributed by atoms with E-state index < -0.39 is 9.84 Å². The molecule has 3 aromatic rings. The number of nitrogens with zero attached hydrogens (tertiary/aromatic N) is 2. The largest absolute Gasteiger partial charge is 0.497 e. The number of methoxy groups -OCH3 is 1. The van der Waals surface area contributed by atoms with E-state index in [4.69, 9.17) is 14.5 Å². The van der Waals surface area contributed by atoms with Crippen LogP contribution in [0.4, 0.5) is 0 Å². The van der Waals surface area contributed by atoms with E-state index in [0.29, 0.717) is 18.1 Å². The summed E-state index contributed by atoms with van der Waals surface area (Å²) in [5.74, 6) is 1.61. The Labute approximate surface area is 171 Å². The van der Waals surface area contributed by atoms with Crippen molar-refractivity contribution in [1.82, 2.24) is 9.55 Å². The molecule has 0 saturated carbocycles. The number of ether oxygens (including phenoxy) is 2. The molecular formula is C22H24N2O4S. The van der Waals surface area contributed by atoms with Gasteiger partial charge in [-0.25, -0.2) is 13.4 Å². The number of fused-ring (bicyclic) bond motifs is 3. The first-order valence-electron chi connectivity index (χ1n) is 9.58. The Balaban J connectivity index is 1.89. The molecule has 0 atom stereocenters. The van der Waals surface area contributed by atoms with Gasteiger partial charge in [0.05, 0.1) is 30.0 Å². The van der Waals surface area contributed by atoms with Crippen molar-refractivity contribution in [2.75, 3.05) is 20.0 Å². The Kier molecular flexibility index (Phi) is 5.19. The first kappa shape index (κ1) is 19.7. The number of hydrogen-bond donors (Lipinski definition) is 0. The van der Waals surface area contributed by atoms with Crippen LogP contribution in [0.25, 0.3) is 17.1 Å². The molecular weight excluding hydrogens is 388 g/mol. The predicted molar refractivity (Wildman–Crippen MR) is 111 cm³/mol. The topological polar surface area (TPSA) is 70.4 Å². The molecule has 0 aliphatic carbocycles. The van der Waals surface area contributed by atoms with Crippen LogP contribution in [-0.4, -0.2) is 37.9 Å². The molecule has 4 rings (SSSR count). The molecule has 0 unspecified atom stereocenters. The number of rotatable bonds is 6. The van der Waals surface area contributed by atoms with E-state index in [1.54, 1.807) is 19.2 Å². The summed E-state index contributed by atoms with van der Waals surface area (Å²) in [7, 11) is -1.61. The Bertz CT molecular complexity index is 1150. The van der Waals surface area contributed by atoms with Crippen LogP contribution in [0, 0.1) is 0 Å². The monoisotopic (exact) mass is 412 g/mol. The summed E-state index contributed by atoms with van der Waals surface area (Å²) in [6, 6.07) is 13.1. The molecule has 0 radical (unpaired) electrons. The maximum Gasteiger partial charge on any atom is 0.175 e. The van der Waals surface area contributed by atoms with Crippen molar-refractivity contribution in [3.63, 3.8) is 0 Å². The van der Waals surface area contributed by atoms with Crippen LogP contribution in [-0.2, 0) is 34.0 Å². The van der Waals surface area contributed by atoms with Crippen LogP contribution >= 0.6 is 0 Å². The smallest absolute Gasteiger partial charge is 0.175 e. The van der Waals surface area contributed by atoms with Gasteiger partial charge in [-0.2, -0.15) is 0 Å². The molecule has 0 fully saturated rings. The highest BCUT2D eigenvalue weighted by molar-refractivity contribution is 7.90. The first-order valence-corrected chi connectivity index (χ1v) is 11.5. The summed E-state index contributed by atoms with van der Waals surface area (Å²) < 4.78 is 37.0. The van der Waals surface area contributed by atoms with Gasteiger partial charge in [0, 0.05) is 24.1 Å². The Hall–Kier alpha value is -2.64. The van der Waals surface area contributed by atoms with E-state index >= 15 is 0 Å². The predicted octanol–water partition coefficient (Wildman–Crippen LogP) is 3.59. The SMILES string of the molecule is CCOCc1nc(-c2ccc(OC)cc2)n2c1CCc1cc(S(C)(=O)=O)ccc1-2. The van der Waals surface area contributed by atoms with Crippen LogP contribution in [0.15, 0.2) is 47.4 Å². The van der Waals surface area contributed by atoms with Crippen LogP contribution in [0.2, 0.25) is 0 Å². The summed E-state index contributed by atoms with van der Waals surface area (Å²) in [6.45, 7) is 3.05. The van der Waals surface area contributed by atoms with Crippen molar-refractivity contribution in [2.45, 2.75) is 31.3 Å². The minimum Gasteiger partial charge on any atom is -0.497 e. The van der Waals surface area contributed by atoms with E-state index in [2.05, 4.69) is 4.57 Å². The van der Waals surface area contributed by atoms with Crippen LogP contribution in [0.3, 0.4) is 0 Å². The summed E-state index contributed by atoms with van der Waals surface area (Å²) in [6.07, 6.45) is 2.79. The summed E-state index contributed by atoms with van der Waals surface area (Å²) in [5, 5.41) is 0. The fraction of sp³-hybridized carbons (Fsp3) is 0.318. The van der Waals surface area contributed by atoms with Crippen LogP contribution in [0.1, 0.15) is 23.9 Å². The van der Waals surface area contributed by atoms with E-state index in [1.165, 1.54) is 6.26 Å².